The fraction of sp³-hybridized carbons (Fsp3) is 0.955. The second-order valence-electron chi connectivity index (χ2n) is 9.02. The average molecular weight is 413 g/mol. The largest absolute Gasteiger partial charge is 0.411 e. The molecule has 0 aromatic rings. The summed E-state index contributed by atoms with van der Waals surface area (Å²) in [6.07, 6.45) is 5.27. The minimum Gasteiger partial charge on any atom is -0.411 e. The Hall–Kier alpha value is 0.0238. The van der Waals surface area contributed by atoms with Crippen molar-refractivity contribution in [2.24, 2.45) is 11.8 Å². The molecule has 0 amide bonds. The van der Waals surface area contributed by atoms with Gasteiger partial charge in [-0.3, -0.25) is 4.79 Å². The van der Waals surface area contributed by atoms with Gasteiger partial charge < -0.3 is 8.85 Å². The van der Waals surface area contributed by atoms with E-state index in [1.165, 1.54) is 36.3 Å². The number of Topliss-reactive ketones (excluding diaryl/α,β-unsaturated/α-hetero) is 1. The van der Waals surface area contributed by atoms with Crippen molar-refractivity contribution in [2.75, 3.05) is 0 Å². The second kappa shape index (κ2) is 10.2. The van der Waals surface area contributed by atoms with Crippen LogP contribution in [0.5, 0.6) is 0 Å². The van der Waals surface area contributed by atoms with E-state index >= 15 is 0 Å². The van der Waals surface area contributed by atoms with Crippen LogP contribution in [-0.4, -0.2) is 34.6 Å². The van der Waals surface area contributed by atoms with Crippen molar-refractivity contribution in [1.29, 1.82) is 0 Å². The Labute approximate surface area is 170 Å². The maximum atomic E-state index is 12.3. The smallest absolute Gasteiger partial charge is 0.192 e. The van der Waals surface area contributed by atoms with Gasteiger partial charge in [-0.15, -0.1) is 0 Å². The Morgan fingerprint density at radius 3 is 1.89 bits per heavy atom. The van der Waals surface area contributed by atoms with E-state index in [-0.39, 0.29) is 12.2 Å². The first-order chi connectivity index (χ1) is 12.9. The summed E-state index contributed by atoms with van der Waals surface area (Å²) in [7, 11) is -3.36. The van der Waals surface area contributed by atoms with Crippen molar-refractivity contribution in [1.82, 2.24) is 0 Å². The highest BCUT2D eigenvalue weighted by molar-refractivity contribution is 6.74. The highest BCUT2D eigenvalue weighted by atomic mass is 28.4. The summed E-state index contributed by atoms with van der Waals surface area (Å²) in [6, 6.07) is 7.15. The molecule has 0 aliphatic heterocycles. The van der Waals surface area contributed by atoms with Gasteiger partial charge in [0, 0.05) is 12.8 Å². The van der Waals surface area contributed by atoms with Crippen LogP contribution in [0.4, 0.5) is 0 Å². The third kappa shape index (κ3) is 5.15. The van der Waals surface area contributed by atoms with Crippen LogP contribution in [-0.2, 0) is 13.6 Å². The second-order valence-corrected chi connectivity index (χ2v) is 18.5. The van der Waals surface area contributed by atoms with Crippen LogP contribution in [0, 0.1) is 11.8 Å². The molecule has 2 aliphatic carbocycles. The van der Waals surface area contributed by atoms with Crippen LogP contribution in [0.1, 0.15) is 73.6 Å². The zero-order valence-corrected chi connectivity index (χ0v) is 20.8. The summed E-state index contributed by atoms with van der Waals surface area (Å²) in [4.78, 5) is 12.3. The van der Waals surface area contributed by atoms with Gasteiger partial charge in [0.1, 0.15) is 5.78 Å². The zero-order chi connectivity index (χ0) is 20.1. The fourth-order valence-electron chi connectivity index (χ4n) is 5.60. The fourth-order valence-corrected chi connectivity index (χ4v) is 11.4. The van der Waals surface area contributed by atoms with Crippen LogP contribution in [0.3, 0.4) is 0 Å². The molecule has 2 saturated carbocycles. The van der Waals surface area contributed by atoms with Crippen molar-refractivity contribution in [3.05, 3.63) is 0 Å². The molecule has 0 spiro atoms. The molecule has 2 fully saturated rings. The Bertz CT molecular complexity index is 458. The molecule has 0 radical (unpaired) electrons. The van der Waals surface area contributed by atoms with Crippen molar-refractivity contribution < 1.29 is 13.6 Å². The lowest BCUT2D eigenvalue weighted by Gasteiger charge is -2.40. The quantitative estimate of drug-likeness (QED) is 0.382. The van der Waals surface area contributed by atoms with Crippen LogP contribution in [0.2, 0.25) is 36.3 Å². The molecule has 158 valence electrons. The number of rotatable bonds is 10. The standard InChI is InChI=1S/C22H44O3Si2/c1-7-26(8-2,9-3)24-21-17-18-16-19(23)14-13-15-20(18)22(21)25-27(10-4,11-5)12-6/h18,20-22H,7-17H2,1-6H3/t18-,20+,21-,22+/m0/s1. The lowest BCUT2D eigenvalue weighted by molar-refractivity contribution is -0.119. The maximum Gasteiger partial charge on any atom is 0.192 e. The van der Waals surface area contributed by atoms with Gasteiger partial charge >= 0.3 is 0 Å². The van der Waals surface area contributed by atoms with Gasteiger partial charge in [-0.1, -0.05) is 41.5 Å². The number of carbonyl (C=O) groups is 1. The molecule has 0 heterocycles. The molecule has 27 heavy (non-hydrogen) atoms. The topological polar surface area (TPSA) is 35.5 Å². The molecule has 2 aliphatic rings. The molecule has 0 N–H and O–H groups in total. The molecule has 3 nitrogen and oxygen atoms in total. The van der Waals surface area contributed by atoms with Crippen LogP contribution in [0.15, 0.2) is 0 Å². The first-order valence-electron chi connectivity index (χ1n) is 11.8. The van der Waals surface area contributed by atoms with Gasteiger partial charge in [0.05, 0.1) is 12.2 Å². The first kappa shape index (κ1) is 23.3. The summed E-state index contributed by atoms with van der Waals surface area (Å²) >= 11 is 0. The summed E-state index contributed by atoms with van der Waals surface area (Å²) < 4.78 is 14.2. The molecule has 0 unspecified atom stereocenters. The number of fused-ring (bicyclic) bond motifs is 1. The molecule has 0 bridgehead atoms. The Morgan fingerprint density at radius 1 is 0.852 bits per heavy atom. The molecule has 0 saturated heterocycles. The van der Waals surface area contributed by atoms with E-state index in [0.29, 0.717) is 17.6 Å². The number of hydrogen-bond acceptors (Lipinski definition) is 3. The van der Waals surface area contributed by atoms with Crippen molar-refractivity contribution in [2.45, 2.75) is 122 Å². The van der Waals surface area contributed by atoms with E-state index in [1.54, 1.807) is 0 Å². The molecular formula is C22H44O3Si2. The van der Waals surface area contributed by atoms with E-state index in [2.05, 4.69) is 41.5 Å². The number of carbonyl (C=O) groups excluding carboxylic acids is 1. The summed E-state index contributed by atoms with van der Waals surface area (Å²) in [6.45, 7) is 13.9. The monoisotopic (exact) mass is 412 g/mol. The molecular weight excluding hydrogens is 368 g/mol. The lowest BCUT2D eigenvalue weighted by atomic mass is 9.90. The van der Waals surface area contributed by atoms with Gasteiger partial charge in [0.2, 0.25) is 0 Å². The van der Waals surface area contributed by atoms with E-state index in [1.807, 2.05) is 0 Å². The zero-order valence-electron chi connectivity index (χ0n) is 18.8. The number of ketones is 1. The van der Waals surface area contributed by atoms with Gasteiger partial charge in [-0.25, -0.2) is 0 Å². The van der Waals surface area contributed by atoms with Crippen molar-refractivity contribution >= 4 is 22.4 Å². The van der Waals surface area contributed by atoms with Gasteiger partial charge in [0.15, 0.2) is 16.6 Å². The molecule has 0 aromatic heterocycles. The minimum atomic E-state index is -1.69. The predicted molar refractivity (Wildman–Crippen MR) is 119 cm³/mol. The average Bonchev–Trinajstić information content (AvgIpc) is 2.87. The molecule has 5 heteroatoms. The van der Waals surface area contributed by atoms with Gasteiger partial charge in [0.25, 0.3) is 0 Å². The third-order valence-electron chi connectivity index (χ3n) is 8.07. The highest BCUT2D eigenvalue weighted by Crippen LogP contribution is 2.46. The van der Waals surface area contributed by atoms with Crippen molar-refractivity contribution in [3.63, 3.8) is 0 Å². The maximum absolute atomic E-state index is 12.3. The van der Waals surface area contributed by atoms with E-state index in [9.17, 15) is 4.79 Å². The predicted octanol–water partition coefficient (Wildman–Crippen LogP) is 6.55. The van der Waals surface area contributed by atoms with E-state index < -0.39 is 16.6 Å². The van der Waals surface area contributed by atoms with Crippen LogP contribution >= 0.6 is 0 Å². The van der Waals surface area contributed by atoms with Gasteiger partial charge in [-0.2, -0.15) is 0 Å². The van der Waals surface area contributed by atoms with Crippen LogP contribution in [0.25, 0.3) is 0 Å². The van der Waals surface area contributed by atoms with E-state index in [4.69, 9.17) is 8.85 Å². The molecule has 4 atom stereocenters. The highest BCUT2D eigenvalue weighted by Gasteiger charge is 2.50. The summed E-state index contributed by atoms with van der Waals surface area (Å²) in [5.74, 6) is 1.50. The number of hydrogen-bond donors (Lipinski definition) is 0. The van der Waals surface area contributed by atoms with Gasteiger partial charge in [-0.05, 0) is 67.4 Å². The molecule has 0 aromatic carbocycles. The van der Waals surface area contributed by atoms with Crippen LogP contribution < -0.4 is 0 Å². The van der Waals surface area contributed by atoms with Crippen molar-refractivity contribution in [3.8, 4) is 0 Å². The first-order valence-corrected chi connectivity index (χ1v) is 16.8. The third-order valence-corrected chi connectivity index (χ3v) is 17.4. The Morgan fingerprint density at radius 2 is 1.37 bits per heavy atom. The SMILES string of the molecule is CC[Si](CC)(CC)O[C@@H]1[C@@H]2CCCC(=O)C[C@H]2C[C@@H]1O[Si](CC)(CC)CC. The minimum absolute atomic E-state index is 0.231. The lowest BCUT2D eigenvalue weighted by Crippen LogP contribution is -2.49. The Balaban J connectivity index is 2.30. The van der Waals surface area contributed by atoms with E-state index in [0.717, 1.165) is 32.1 Å². The molecule has 2 rings (SSSR count). The normalized spacial score (nSPS) is 29.6. The Kier molecular flexibility index (Phi) is 8.78. The summed E-state index contributed by atoms with van der Waals surface area (Å²) in [5.41, 5.74) is 0. The summed E-state index contributed by atoms with van der Waals surface area (Å²) in [5, 5.41) is 0.